The van der Waals surface area contributed by atoms with Crippen LogP contribution in [-0.4, -0.2) is 100 Å². The minimum atomic E-state index is -4.37. The normalized spacial score (nSPS) is 32.2. The number of rotatable bonds is 10. The topological polar surface area (TPSA) is 233 Å². The number of aromatic nitrogens is 6. The van der Waals surface area contributed by atoms with Gasteiger partial charge in [-0.1, -0.05) is 46.9 Å². The summed E-state index contributed by atoms with van der Waals surface area (Å²) >= 11 is 10.3. The van der Waals surface area contributed by atoms with E-state index in [9.17, 15) is 19.4 Å². The van der Waals surface area contributed by atoms with E-state index in [1.807, 2.05) is 39.9 Å². The lowest BCUT2D eigenvalue weighted by Gasteiger charge is -2.41. The van der Waals surface area contributed by atoms with Gasteiger partial charge in [-0.15, -0.1) is 0 Å². The second-order valence-electron chi connectivity index (χ2n) is 15.8. The number of amides is 1. The van der Waals surface area contributed by atoms with Crippen LogP contribution < -0.4 is 15.6 Å². The van der Waals surface area contributed by atoms with Crippen molar-refractivity contribution in [2.24, 2.45) is 11.8 Å². The van der Waals surface area contributed by atoms with Crippen molar-refractivity contribution in [2.75, 3.05) is 25.1 Å². The van der Waals surface area contributed by atoms with Crippen LogP contribution in [0.4, 0.5) is 10.3 Å². The third-order valence-corrected chi connectivity index (χ3v) is 18.8. The maximum absolute atomic E-state index is 16.2. The summed E-state index contributed by atoms with van der Waals surface area (Å²) in [5, 5.41) is 11.6. The van der Waals surface area contributed by atoms with Gasteiger partial charge in [-0.25, -0.2) is 23.9 Å². The molecule has 2 N–H and O–H groups in total. The Balaban J connectivity index is 1.44. The van der Waals surface area contributed by atoms with Crippen LogP contribution in [0.1, 0.15) is 53.7 Å². The molecule has 1 amide bonds. The van der Waals surface area contributed by atoms with E-state index in [1.165, 1.54) is 29.5 Å². The third kappa shape index (κ3) is 10.1. The number of H-pyrrole nitrogens is 1. The lowest BCUT2D eigenvalue weighted by atomic mass is 10.1. The number of aromatic amines is 1. The molecule has 2 saturated heterocycles. The molecule has 58 heavy (non-hydrogen) atoms. The van der Waals surface area contributed by atoms with E-state index in [4.69, 9.17) is 48.3 Å². The van der Waals surface area contributed by atoms with Gasteiger partial charge in [-0.05, 0) is 36.4 Å². The number of hydrogen-bond acceptors (Lipinski definition) is 17. The van der Waals surface area contributed by atoms with Crippen molar-refractivity contribution < 1.29 is 50.3 Å². The van der Waals surface area contributed by atoms with Gasteiger partial charge in [0, 0.05) is 24.1 Å². The molecular weight excluding hydrogens is 858 g/mol. The molecule has 10 atom stereocenters. The highest BCUT2D eigenvalue weighted by molar-refractivity contribution is 8.44. The van der Waals surface area contributed by atoms with Gasteiger partial charge in [0.2, 0.25) is 17.7 Å². The fourth-order valence-electron chi connectivity index (χ4n) is 6.22. The molecule has 2 bridgehead atoms. The number of carbonyl (C=O) groups excluding carboxylic acids is 1. The standard InChI is InChI=1S/C33H47FN8O11P2S2Si/c1-18(2)29(43)40-32-39-28-24(30(44)41-32)38-17-42(28)31-27-26(53-58(6,7)33(3,4)5)21(50-31)15-47-54(45,56)51-25-19(14-48-55(57,52-27)46-12-8-10-35)13-20(23(25)34)49-22-9-11-36-16-37-22/h9,11,16-21,23,25-27,31H,8,12-15H2,1-7H3,(H,45,56)(H2,39,40,41,43,44)/t19-,20-,21-,23+,25-,26-,27-,31-,54+,55-/m1/s1. The molecular formula is C33H47FN8O11P2S2Si. The second-order valence-corrected chi connectivity index (χ2v) is 26.4. The fraction of sp³-hybridized carbons (Fsp3) is 0.667. The first-order valence-electron chi connectivity index (χ1n) is 18.5. The van der Waals surface area contributed by atoms with Crippen molar-refractivity contribution in [3.8, 4) is 11.9 Å². The molecule has 3 aliphatic rings. The van der Waals surface area contributed by atoms with Crippen LogP contribution in [0.5, 0.6) is 5.88 Å². The van der Waals surface area contributed by atoms with Crippen molar-refractivity contribution in [3.63, 3.8) is 0 Å². The zero-order valence-corrected chi connectivity index (χ0v) is 37.3. The van der Waals surface area contributed by atoms with Gasteiger partial charge in [0.25, 0.3) is 5.56 Å². The number of thiol groups is 1. The molecule has 19 nitrogen and oxygen atoms in total. The quantitative estimate of drug-likeness (QED) is 0.0971. The molecule has 25 heteroatoms. The maximum atomic E-state index is 16.2. The van der Waals surface area contributed by atoms with Gasteiger partial charge in [0.15, 0.2) is 31.9 Å². The number of nitrogens with one attached hydrogen (secondary N) is 2. The SMILES string of the molecule is CC(C)C(=O)Nc1nc2c(ncn2[C@@H]2O[C@@H]3CO[P@](=O)(S)O[C@@H]4[C@@H](CO[P@](=S)(OCCC#N)O[C@@H]2[C@@H]3O[Si](C)(C)C(C)(C)C)C[C@@H](Oc2ccncn2)[C@@H]4F)c(=O)[nH]1. The summed E-state index contributed by atoms with van der Waals surface area (Å²) in [6.45, 7) is 4.20. The Kier molecular flexibility index (Phi) is 13.7. The molecule has 0 aromatic carbocycles. The van der Waals surface area contributed by atoms with Gasteiger partial charge < -0.3 is 22.9 Å². The lowest BCUT2D eigenvalue weighted by molar-refractivity contribution is -0.118. The van der Waals surface area contributed by atoms with E-state index in [1.54, 1.807) is 13.8 Å². The Morgan fingerprint density at radius 2 is 2.00 bits per heavy atom. The second kappa shape index (κ2) is 17.7. The average molecular weight is 905 g/mol. The average Bonchev–Trinajstić information content (AvgIpc) is 3.79. The van der Waals surface area contributed by atoms with Crippen LogP contribution in [0.15, 0.2) is 29.7 Å². The molecule has 1 saturated carbocycles. The zero-order chi connectivity index (χ0) is 42.2. The summed E-state index contributed by atoms with van der Waals surface area (Å²) < 4.78 is 81.9. The van der Waals surface area contributed by atoms with E-state index in [2.05, 4.69) is 42.5 Å². The minimum absolute atomic E-state index is 0.00294. The fourth-order valence-corrected chi connectivity index (χ4v) is 11.2. The number of imidazole rings is 1. The summed E-state index contributed by atoms with van der Waals surface area (Å²) in [4.78, 5) is 45.0. The molecule has 3 fully saturated rings. The maximum Gasteiger partial charge on any atom is 0.386 e. The molecule has 1 aliphatic carbocycles. The van der Waals surface area contributed by atoms with E-state index < -0.39 is 94.7 Å². The Bertz CT molecular complexity index is 2160. The Hall–Kier alpha value is -2.71. The summed E-state index contributed by atoms with van der Waals surface area (Å²) in [7, 11) is -2.73. The van der Waals surface area contributed by atoms with Gasteiger partial charge in [-0.3, -0.25) is 38.0 Å². The predicted molar refractivity (Wildman–Crippen MR) is 216 cm³/mol. The van der Waals surface area contributed by atoms with E-state index >= 15 is 4.39 Å². The Labute approximate surface area is 345 Å². The lowest BCUT2D eigenvalue weighted by Crippen LogP contribution is -2.50. The number of alkyl halides is 1. The van der Waals surface area contributed by atoms with Crippen molar-refractivity contribution in [1.82, 2.24) is 29.5 Å². The number of nitrogens with zero attached hydrogens (tertiary/aromatic N) is 6. The molecule has 6 rings (SSSR count). The third-order valence-electron chi connectivity index (χ3n) is 10.3. The first-order chi connectivity index (χ1) is 27.2. The van der Waals surface area contributed by atoms with Crippen LogP contribution >= 0.6 is 25.8 Å². The highest BCUT2D eigenvalue weighted by Crippen LogP contribution is 2.60. The van der Waals surface area contributed by atoms with E-state index in [0.29, 0.717) is 0 Å². The van der Waals surface area contributed by atoms with Crippen LogP contribution in [0, 0.1) is 23.2 Å². The highest BCUT2D eigenvalue weighted by Gasteiger charge is 2.56. The molecule has 3 aromatic heterocycles. The van der Waals surface area contributed by atoms with Crippen LogP contribution in [0.3, 0.4) is 0 Å². The number of ether oxygens (including phenoxy) is 2. The number of fused-ring (bicyclic) bond motifs is 4. The van der Waals surface area contributed by atoms with Crippen molar-refractivity contribution in [1.29, 1.82) is 5.26 Å². The van der Waals surface area contributed by atoms with E-state index in [-0.39, 0.29) is 54.1 Å². The van der Waals surface area contributed by atoms with Crippen molar-refractivity contribution >= 4 is 68.9 Å². The molecule has 2 aliphatic heterocycles. The largest absolute Gasteiger partial charge is 0.471 e. The van der Waals surface area contributed by atoms with Crippen LogP contribution in [0.2, 0.25) is 18.1 Å². The van der Waals surface area contributed by atoms with Crippen LogP contribution in [-0.2, 0) is 52.9 Å². The minimum Gasteiger partial charge on any atom is -0.471 e. The number of halogens is 1. The van der Waals surface area contributed by atoms with Gasteiger partial charge in [0.1, 0.15) is 36.8 Å². The van der Waals surface area contributed by atoms with Gasteiger partial charge >= 0.3 is 13.5 Å². The number of hydrogen-bond donors (Lipinski definition) is 3. The highest BCUT2D eigenvalue weighted by atomic mass is 32.7. The van der Waals surface area contributed by atoms with E-state index in [0.717, 1.165) is 0 Å². The Morgan fingerprint density at radius 3 is 2.67 bits per heavy atom. The monoisotopic (exact) mass is 904 g/mol. The van der Waals surface area contributed by atoms with Crippen molar-refractivity contribution in [2.45, 2.75) is 109 Å². The smallest absolute Gasteiger partial charge is 0.386 e. The molecule has 0 spiro atoms. The summed E-state index contributed by atoms with van der Waals surface area (Å²) in [5.74, 6) is -1.68. The molecule has 0 unspecified atom stereocenters. The molecule has 5 heterocycles. The molecule has 0 radical (unpaired) electrons. The first kappa shape index (κ1) is 44.8. The number of carbonyl (C=O) groups is 1. The molecule has 318 valence electrons. The summed E-state index contributed by atoms with van der Waals surface area (Å²) in [6.07, 6.45) is -5.00. The van der Waals surface area contributed by atoms with Crippen LogP contribution in [0.25, 0.3) is 11.2 Å². The number of nitriles is 1. The number of anilines is 1. The van der Waals surface area contributed by atoms with Gasteiger partial charge in [0.05, 0.1) is 38.6 Å². The molecule has 3 aromatic rings. The Morgan fingerprint density at radius 1 is 1.24 bits per heavy atom. The van der Waals surface area contributed by atoms with Gasteiger partial charge in [-0.2, -0.15) is 10.2 Å². The first-order valence-corrected chi connectivity index (χ1v) is 26.6. The summed E-state index contributed by atoms with van der Waals surface area (Å²) in [6, 6.07) is 3.48. The van der Waals surface area contributed by atoms with Crippen molar-refractivity contribution in [3.05, 3.63) is 35.3 Å². The predicted octanol–water partition coefficient (Wildman–Crippen LogP) is 5.61. The zero-order valence-electron chi connectivity index (χ0n) is 32.8. The summed E-state index contributed by atoms with van der Waals surface area (Å²) in [5.41, 5.74) is -0.715.